The number of rotatable bonds is 1. The first kappa shape index (κ1) is 9.27. The van der Waals surface area contributed by atoms with Gasteiger partial charge in [0.2, 0.25) is 0 Å². The molecule has 0 aromatic carbocycles. The van der Waals surface area contributed by atoms with Gasteiger partial charge in [-0.25, -0.2) is 4.98 Å². The van der Waals surface area contributed by atoms with E-state index >= 15 is 0 Å². The molecule has 2 aromatic rings. The van der Waals surface area contributed by atoms with Crippen molar-refractivity contribution in [3.8, 4) is 11.5 Å². The maximum Gasteiger partial charge on any atom is 0.166 e. The van der Waals surface area contributed by atoms with E-state index in [9.17, 15) is 0 Å². The molecule has 2 N–H and O–H groups in total. The van der Waals surface area contributed by atoms with Crippen LogP contribution in [0.15, 0.2) is 33.4 Å². The Morgan fingerprint density at radius 1 is 1.36 bits per heavy atom. The van der Waals surface area contributed by atoms with Crippen LogP contribution < -0.4 is 5.73 Å². The lowest BCUT2D eigenvalue weighted by Gasteiger charge is -2.01. The number of hydrogen-bond donors (Lipinski definition) is 1. The molecule has 0 saturated heterocycles. The summed E-state index contributed by atoms with van der Waals surface area (Å²) in [7, 11) is 0. The van der Waals surface area contributed by atoms with Gasteiger partial charge in [0.25, 0.3) is 0 Å². The van der Waals surface area contributed by atoms with E-state index in [1.54, 1.807) is 6.26 Å². The summed E-state index contributed by atoms with van der Waals surface area (Å²) in [5.41, 5.74) is 7.96. The van der Waals surface area contributed by atoms with Crippen LogP contribution in [-0.2, 0) is 0 Å². The summed E-state index contributed by atoms with van der Waals surface area (Å²) in [6, 6.07) is 5.50. The average Bonchev–Trinajstić information content (AvgIpc) is 2.57. The number of pyridine rings is 1. The predicted octanol–water partition coefficient (Wildman–Crippen LogP) is 2.99. The third-order valence-electron chi connectivity index (χ3n) is 1.98. The van der Waals surface area contributed by atoms with Crippen molar-refractivity contribution in [2.24, 2.45) is 0 Å². The molecule has 0 bridgehead atoms. The summed E-state index contributed by atoms with van der Waals surface area (Å²) in [6.07, 6.45) is 1.62. The maximum atomic E-state index is 5.68. The molecule has 3 nitrogen and oxygen atoms in total. The first-order valence-corrected chi connectivity index (χ1v) is 4.94. The normalized spacial score (nSPS) is 10.4. The smallest absolute Gasteiger partial charge is 0.166 e. The molecule has 0 aliphatic heterocycles. The van der Waals surface area contributed by atoms with E-state index in [1.165, 1.54) is 0 Å². The molecule has 2 heterocycles. The third kappa shape index (κ3) is 1.53. The van der Waals surface area contributed by atoms with Crippen molar-refractivity contribution in [1.29, 1.82) is 0 Å². The molecule has 0 fully saturated rings. The van der Waals surface area contributed by atoms with Gasteiger partial charge in [0.1, 0.15) is 5.69 Å². The van der Waals surface area contributed by atoms with Crippen molar-refractivity contribution in [3.05, 3.63) is 34.6 Å². The molecule has 0 saturated carbocycles. The van der Waals surface area contributed by atoms with Crippen molar-refractivity contribution in [2.75, 3.05) is 5.73 Å². The van der Waals surface area contributed by atoms with Crippen LogP contribution in [0, 0.1) is 6.92 Å². The number of aryl methyl sites for hydroxylation is 1. The highest BCUT2D eigenvalue weighted by Gasteiger charge is 2.08. The Morgan fingerprint density at radius 3 is 2.71 bits per heavy atom. The zero-order chi connectivity index (χ0) is 10.1. The fraction of sp³-hybridized carbons (Fsp3) is 0.100. The van der Waals surface area contributed by atoms with Gasteiger partial charge in [0, 0.05) is 0 Å². The van der Waals surface area contributed by atoms with E-state index in [0.717, 1.165) is 21.6 Å². The quantitative estimate of drug-likeness (QED) is 0.849. The molecule has 0 aliphatic rings. The van der Waals surface area contributed by atoms with Crippen LogP contribution in [-0.4, -0.2) is 4.98 Å². The van der Waals surface area contributed by atoms with E-state index in [4.69, 9.17) is 10.2 Å². The van der Waals surface area contributed by atoms with E-state index < -0.39 is 0 Å². The number of aromatic nitrogens is 1. The second kappa shape index (κ2) is 3.46. The Hall–Kier alpha value is -1.29. The number of nitrogens with zero attached hydrogens (tertiary/aromatic N) is 1. The van der Waals surface area contributed by atoms with Gasteiger partial charge in [-0.3, -0.25) is 0 Å². The molecular formula is C10H9BrN2O. The maximum absolute atomic E-state index is 5.68. The van der Waals surface area contributed by atoms with Gasteiger partial charge in [-0.15, -0.1) is 0 Å². The monoisotopic (exact) mass is 252 g/mol. The lowest BCUT2D eigenvalue weighted by atomic mass is 10.2. The standard InChI is InChI=1S/C10H9BrN2O/c1-6-8(12)2-3-9(13-6)10-7(11)4-5-14-10/h2-5H,12H2,1H3. The minimum absolute atomic E-state index is 0.691. The summed E-state index contributed by atoms with van der Waals surface area (Å²) in [4.78, 5) is 4.33. The van der Waals surface area contributed by atoms with Crippen molar-refractivity contribution < 1.29 is 4.42 Å². The summed E-state index contributed by atoms with van der Waals surface area (Å²) >= 11 is 3.38. The molecule has 2 aromatic heterocycles. The fourth-order valence-corrected chi connectivity index (χ4v) is 1.58. The number of furan rings is 1. The van der Waals surface area contributed by atoms with Crippen molar-refractivity contribution in [3.63, 3.8) is 0 Å². The molecular weight excluding hydrogens is 244 g/mol. The molecule has 0 aliphatic carbocycles. The Morgan fingerprint density at radius 2 is 2.14 bits per heavy atom. The molecule has 2 rings (SSSR count). The molecule has 4 heteroatoms. The highest BCUT2D eigenvalue weighted by Crippen LogP contribution is 2.28. The predicted molar refractivity (Wildman–Crippen MR) is 58.8 cm³/mol. The second-order valence-corrected chi connectivity index (χ2v) is 3.82. The van der Waals surface area contributed by atoms with Gasteiger partial charge in [0.15, 0.2) is 5.76 Å². The summed E-state index contributed by atoms with van der Waals surface area (Å²) in [6.45, 7) is 1.87. The van der Waals surface area contributed by atoms with Gasteiger partial charge in [0.05, 0.1) is 22.1 Å². The first-order valence-electron chi connectivity index (χ1n) is 4.15. The van der Waals surface area contributed by atoms with Gasteiger partial charge >= 0.3 is 0 Å². The topological polar surface area (TPSA) is 52.0 Å². The van der Waals surface area contributed by atoms with Crippen LogP contribution in [0.3, 0.4) is 0 Å². The van der Waals surface area contributed by atoms with Crippen LogP contribution in [0.5, 0.6) is 0 Å². The van der Waals surface area contributed by atoms with Crippen LogP contribution in [0.1, 0.15) is 5.69 Å². The average molecular weight is 253 g/mol. The fourth-order valence-electron chi connectivity index (χ4n) is 1.17. The number of nitrogens with two attached hydrogens (primary N) is 1. The first-order chi connectivity index (χ1) is 6.68. The van der Waals surface area contributed by atoms with Crippen molar-refractivity contribution >= 4 is 21.6 Å². The van der Waals surface area contributed by atoms with Crippen LogP contribution in [0.25, 0.3) is 11.5 Å². The molecule has 0 atom stereocenters. The second-order valence-electron chi connectivity index (χ2n) is 2.97. The lowest BCUT2D eigenvalue weighted by molar-refractivity contribution is 0.578. The Labute approximate surface area is 90.1 Å². The Balaban J connectivity index is 2.53. The Kier molecular flexibility index (Phi) is 2.29. The highest BCUT2D eigenvalue weighted by atomic mass is 79.9. The summed E-state index contributed by atoms with van der Waals surface area (Å²) in [5.74, 6) is 0.730. The van der Waals surface area contributed by atoms with E-state index in [1.807, 2.05) is 25.1 Å². The molecule has 0 unspecified atom stereocenters. The number of halogens is 1. The highest BCUT2D eigenvalue weighted by molar-refractivity contribution is 9.10. The third-order valence-corrected chi connectivity index (χ3v) is 2.60. The molecule has 0 radical (unpaired) electrons. The number of hydrogen-bond acceptors (Lipinski definition) is 3. The Bertz CT molecular complexity index is 465. The van der Waals surface area contributed by atoms with Gasteiger partial charge in [-0.05, 0) is 41.1 Å². The molecule has 14 heavy (non-hydrogen) atoms. The van der Waals surface area contributed by atoms with Crippen molar-refractivity contribution in [1.82, 2.24) is 4.98 Å². The SMILES string of the molecule is Cc1nc(-c2occc2Br)ccc1N. The van der Waals surface area contributed by atoms with E-state index in [-0.39, 0.29) is 0 Å². The van der Waals surface area contributed by atoms with Crippen LogP contribution in [0.2, 0.25) is 0 Å². The van der Waals surface area contributed by atoms with Crippen molar-refractivity contribution in [2.45, 2.75) is 6.92 Å². The van der Waals surface area contributed by atoms with E-state index in [2.05, 4.69) is 20.9 Å². The zero-order valence-electron chi connectivity index (χ0n) is 7.62. The zero-order valence-corrected chi connectivity index (χ0v) is 9.21. The minimum Gasteiger partial charge on any atom is -0.461 e. The summed E-state index contributed by atoms with van der Waals surface area (Å²) in [5, 5.41) is 0. The number of anilines is 1. The largest absolute Gasteiger partial charge is 0.461 e. The van der Waals surface area contributed by atoms with E-state index in [0.29, 0.717) is 5.69 Å². The van der Waals surface area contributed by atoms with Crippen LogP contribution >= 0.6 is 15.9 Å². The molecule has 0 spiro atoms. The van der Waals surface area contributed by atoms with Gasteiger partial charge < -0.3 is 10.2 Å². The van der Waals surface area contributed by atoms with Gasteiger partial charge in [-0.2, -0.15) is 0 Å². The molecule has 0 amide bonds. The molecule has 72 valence electrons. The lowest BCUT2D eigenvalue weighted by Crippen LogP contribution is -1.93. The summed E-state index contributed by atoms with van der Waals surface area (Å²) < 4.78 is 6.19. The minimum atomic E-state index is 0.691. The van der Waals surface area contributed by atoms with Gasteiger partial charge in [-0.1, -0.05) is 0 Å². The number of nitrogen functional groups attached to an aromatic ring is 1. The van der Waals surface area contributed by atoms with Crippen LogP contribution in [0.4, 0.5) is 5.69 Å².